The van der Waals surface area contributed by atoms with E-state index >= 15 is 0 Å². The van der Waals surface area contributed by atoms with Crippen LogP contribution in [0.1, 0.15) is 98.8 Å². The van der Waals surface area contributed by atoms with Crippen molar-refractivity contribution in [3.05, 3.63) is 11.6 Å². The van der Waals surface area contributed by atoms with Gasteiger partial charge in [-0.2, -0.15) is 0 Å². The van der Waals surface area contributed by atoms with Crippen LogP contribution in [0, 0.1) is 34.5 Å². The number of rotatable bonds is 10. The Morgan fingerprint density at radius 1 is 1.07 bits per heavy atom. The first kappa shape index (κ1) is 30.3. The van der Waals surface area contributed by atoms with E-state index in [2.05, 4.69) is 35.7 Å². The van der Waals surface area contributed by atoms with Gasteiger partial charge in [0.1, 0.15) is 17.9 Å². The van der Waals surface area contributed by atoms with E-state index in [0.717, 1.165) is 44.2 Å². The maximum absolute atomic E-state index is 12.4. The van der Waals surface area contributed by atoms with Crippen LogP contribution in [0.4, 0.5) is 0 Å². The molecule has 0 bridgehead atoms. The number of aliphatic carboxylic acids is 1. The predicted octanol–water partition coefficient (Wildman–Crippen LogP) is 4.40. The average molecular weight is 558 g/mol. The van der Waals surface area contributed by atoms with Crippen molar-refractivity contribution in [2.75, 3.05) is 6.61 Å². The van der Waals surface area contributed by atoms with Crippen molar-refractivity contribution in [1.82, 2.24) is 10.6 Å². The van der Waals surface area contributed by atoms with Crippen LogP contribution in [-0.2, 0) is 24.0 Å². The van der Waals surface area contributed by atoms with Crippen LogP contribution in [0.25, 0.3) is 0 Å². The fourth-order valence-corrected chi connectivity index (χ4v) is 8.68. The third kappa shape index (κ3) is 5.84. The lowest BCUT2D eigenvalue weighted by Gasteiger charge is -2.58. The number of hydrogen-bond acceptors (Lipinski definition) is 6. The van der Waals surface area contributed by atoms with E-state index < -0.39 is 29.9 Å². The van der Waals surface area contributed by atoms with Gasteiger partial charge in [0.25, 0.3) is 5.91 Å². The lowest BCUT2D eigenvalue weighted by Crippen LogP contribution is -2.51. The second-order valence-corrected chi connectivity index (χ2v) is 13.1. The summed E-state index contributed by atoms with van der Waals surface area (Å²) >= 11 is 0. The van der Waals surface area contributed by atoms with Gasteiger partial charge in [0.15, 0.2) is 6.61 Å². The first-order valence-electron chi connectivity index (χ1n) is 15.1. The monoisotopic (exact) mass is 557 g/mol. The minimum absolute atomic E-state index is 0.142. The largest absolute Gasteiger partial charge is 0.480 e. The number of nitrogens with one attached hydrogen (secondary N) is 2. The van der Waals surface area contributed by atoms with Crippen molar-refractivity contribution in [3.8, 4) is 0 Å². The highest BCUT2D eigenvalue weighted by Crippen LogP contribution is 2.66. The number of carbonyl (C=O) groups is 4. The number of hydrogen-bond donors (Lipinski definition) is 3. The third-order valence-corrected chi connectivity index (χ3v) is 10.8. The first-order valence-corrected chi connectivity index (χ1v) is 15.1. The zero-order valence-electron chi connectivity index (χ0n) is 24.8. The summed E-state index contributed by atoms with van der Waals surface area (Å²) in [6, 6.07) is -1.87. The van der Waals surface area contributed by atoms with Crippen molar-refractivity contribution < 1.29 is 29.1 Å². The molecule has 4 rings (SSSR count). The summed E-state index contributed by atoms with van der Waals surface area (Å²) in [6.07, 6.45) is 11.6. The van der Waals surface area contributed by atoms with Gasteiger partial charge in [0.05, 0.1) is 5.71 Å². The van der Waals surface area contributed by atoms with E-state index in [1.165, 1.54) is 25.3 Å². The summed E-state index contributed by atoms with van der Waals surface area (Å²) in [5.41, 5.74) is 2.57. The molecule has 3 fully saturated rings. The van der Waals surface area contributed by atoms with Crippen molar-refractivity contribution in [1.29, 1.82) is 0 Å². The fourth-order valence-electron chi connectivity index (χ4n) is 8.68. The SMILES string of the molecule is CCC[C@@H](NC(=O)[C@@H](C)NC(=O)CO/N=C1\C=C2CC[C@H]3[C@H]4CC[C@H](C(C)=O)[C@@]4(C)CC[C@H]3[C@@]2(C)CC1)C(=O)O. The Bertz CT molecular complexity index is 1080. The van der Waals surface area contributed by atoms with Gasteiger partial charge >= 0.3 is 5.97 Å². The molecule has 2 amide bonds. The Balaban J connectivity index is 1.31. The highest BCUT2D eigenvalue weighted by molar-refractivity contribution is 5.96. The summed E-state index contributed by atoms with van der Waals surface area (Å²) in [4.78, 5) is 53.7. The van der Waals surface area contributed by atoms with Gasteiger partial charge in [-0.15, -0.1) is 0 Å². The number of oxime groups is 1. The molecule has 0 aromatic carbocycles. The zero-order chi connectivity index (χ0) is 29.2. The Hall–Kier alpha value is -2.71. The van der Waals surface area contributed by atoms with E-state index in [4.69, 9.17) is 4.84 Å². The van der Waals surface area contributed by atoms with Gasteiger partial charge in [-0.05, 0) is 106 Å². The van der Waals surface area contributed by atoms with Gasteiger partial charge < -0.3 is 20.6 Å². The molecule has 0 saturated heterocycles. The molecule has 0 radical (unpaired) electrons. The van der Waals surface area contributed by atoms with Gasteiger partial charge in [0, 0.05) is 5.92 Å². The second-order valence-electron chi connectivity index (χ2n) is 13.1. The number of fused-ring (bicyclic) bond motifs is 5. The van der Waals surface area contributed by atoms with Crippen LogP contribution in [0.15, 0.2) is 16.8 Å². The molecule has 0 aromatic rings. The van der Waals surface area contributed by atoms with Gasteiger partial charge in [-0.25, -0.2) is 4.79 Å². The summed E-state index contributed by atoms with van der Waals surface area (Å²) in [5, 5.41) is 18.5. The number of allylic oxidation sites excluding steroid dienone is 2. The minimum Gasteiger partial charge on any atom is -0.480 e. The van der Waals surface area contributed by atoms with Crippen molar-refractivity contribution in [2.45, 2.75) is 111 Å². The van der Waals surface area contributed by atoms with Crippen LogP contribution < -0.4 is 10.6 Å². The van der Waals surface area contributed by atoms with Crippen molar-refractivity contribution in [2.24, 2.45) is 39.7 Å². The molecule has 4 aliphatic rings. The molecule has 0 unspecified atom stereocenters. The lowest BCUT2D eigenvalue weighted by atomic mass is 9.46. The average Bonchev–Trinajstić information content (AvgIpc) is 3.26. The molecule has 0 heterocycles. The Morgan fingerprint density at radius 2 is 1.82 bits per heavy atom. The molecule has 4 aliphatic carbocycles. The number of ketones is 1. The van der Waals surface area contributed by atoms with Gasteiger partial charge in [-0.3, -0.25) is 14.4 Å². The quantitative estimate of drug-likeness (QED) is 0.341. The van der Waals surface area contributed by atoms with Crippen LogP contribution in [0.3, 0.4) is 0 Å². The smallest absolute Gasteiger partial charge is 0.326 e. The summed E-state index contributed by atoms with van der Waals surface area (Å²) in [6.45, 7) is 9.61. The lowest BCUT2D eigenvalue weighted by molar-refractivity contribution is -0.142. The molecular weight excluding hydrogens is 510 g/mol. The van der Waals surface area contributed by atoms with E-state index in [1.807, 2.05) is 6.92 Å². The topological polar surface area (TPSA) is 134 Å². The number of carboxylic acids is 1. The summed E-state index contributed by atoms with van der Waals surface area (Å²) in [7, 11) is 0. The fraction of sp³-hybridized carbons (Fsp3) is 0.774. The Morgan fingerprint density at radius 3 is 2.50 bits per heavy atom. The summed E-state index contributed by atoms with van der Waals surface area (Å²) < 4.78 is 0. The van der Waals surface area contributed by atoms with E-state index in [0.29, 0.717) is 36.4 Å². The number of Topliss-reactive ketones (excluding diaryl/α,β-unsaturated/α-hetero) is 1. The van der Waals surface area contributed by atoms with Crippen molar-refractivity contribution in [3.63, 3.8) is 0 Å². The molecule has 3 saturated carbocycles. The maximum atomic E-state index is 12.4. The molecule has 0 aromatic heterocycles. The molecule has 0 spiro atoms. The third-order valence-electron chi connectivity index (χ3n) is 10.8. The second kappa shape index (κ2) is 12.0. The van der Waals surface area contributed by atoms with Crippen LogP contribution >= 0.6 is 0 Å². The van der Waals surface area contributed by atoms with Crippen LogP contribution in [0.2, 0.25) is 0 Å². The molecule has 8 atom stereocenters. The summed E-state index contributed by atoms with van der Waals surface area (Å²) in [5.74, 6) is 0.407. The van der Waals surface area contributed by atoms with Gasteiger partial charge in [0.2, 0.25) is 5.91 Å². The predicted molar refractivity (Wildman–Crippen MR) is 151 cm³/mol. The standard InChI is InChI=1S/C31H47N3O6/c1-6-7-26(29(38)39)33-28(37)18(2)32-27(36)17-40-34-21-12-14-30(4)20(16-21)8-9-22-24-11-10-23(19(3)35)31(24,5)15-13-25(22)30/h16,18,22-26H,6-15,17H2,1-5H3,(H,32,36)(H,33,37)(H,38,39)/b34-21-/t18-,22+,23-,24-,25-,26-,30+,31-/m1/s1. The van der Waals surface area contributed by atoms with E-state index in [9.17, 15) is 24.3 Å². The number of carboxylic acid groups (broad SMARTS) is 1. The number of nitrogens with zero attached hydrogens (tertiary/aromatic N) is 1. The molecular formula is C31H47N3O6. The minimum atomic E-state index is -1.10. The molecule has 9 heteroatoms. The molecule has 222 valence electrons. The number of carbonyl (C=O) groups excluding carboxylic acids is 3. The van der Waals surface area contributed by atoms with Crippen LogP contribution in [0.5, 0.6) is 0 Å². The first-order chi connectivity index (χ1) is 18.9. The maximum Gasteiger partial charge on any atom is 0.326 e. The van der Waals surface area contributed by atoms with Gasteiger partial charge in [-0.1, -0.05) is 37.9 Å². The normalized spacial score (nSPS) is 35.3. The van der Waals surface area contributed by atoms with E-state index in [-0.39, 0.29) is 23.4 Å². The van der Waals surface area contributed by atoms with Crippen molar-refractivity contribution >= 4 is 29.3 Å². The zero-order valence-corrected chi connectivity index (χ0v) is 24.8. The molecule has 0 aliphatic heterocycles. The number of amides is 2. The molecule has 9 nitrogen and oxygen atoms in total. The Labute approximate surface area is 237 Å². The molecule has 40 heavy (non-hydrogen) atoms. The highest BCUT2D eigenvalue weighted by Gasteiger charge is 2.59. The Kier molecular flexibility index (Phi) is 9.10. The van der Waals surface area contributed by atoms with E-state index in [1.54, 1.807) is 6.92 Å². The highest BCUT2D eigenvalue weighted by atomic mass is 16.6. The molecule has 3 N–H and O–H groups in total. The van der Waals surface area contributed by atoms with Crippen LogP contribution in [-0.4, -0.2) is 53.1 Å².